The fourth-order valence-electron chi connectivity index (χ4n) is 2.79. The number of halogens is 1. The van der Waals surface area contributed by atoms with Crippen molar-refractivity contribution in [1.82, 2.24) is 9.88 Å². The third-order valence-electron chi connectivity index (χ3n) is 3.97. The van der Waals surface area contributed by atoms with Crippen LogP contribution in [-0.2, 0) is 6.54 Å². The standard InChI is InChI=1S/C17H17ClN2O2/c1-2-20-10-14(17(22)19-12-5-3-4-6-12)16(21)13-9-11(18)7-8-15(13)20/h3-4,7-10,12H,2,5-6H2,1H3,(H,19,22). The predicted molar refractivity (Wildman–Crippen MR) is 88.5 cm³/mol. The van der Waals surface area contributed by atoms with E-state index in [2.05, 4.69) is 5.32 Å². The highest BCUT2D eigenvalue weighted by molar-refractivity contribution is 6.31. The van der Waals surface area contributed by atoms with E-state index >= 15 is 0 Å². The number of amides is 1. The van der Waals surface area contributed by atoms with Crippen molar-refractivity contribution in [2.24, 2.45) is 0 Å². The largest absolute Gasteiger partial charge is 0.349 e. The Balaban J connectivity index is 2.07. The summed E-state index contributed by atoms with van der Waals surface area (Å²) >= 11 is 6.00. The van der Waals surface area contributed by atoms with Gasteiger partial charge >= 0.3 is 0 Å². The molecular formula is C17H17ClN2O2. The van der Waals surface area contributed by atoms with Crippen LogP contribution in [0.2, 0.25) is 5.02 Å². The molecule has 5 heteroatoms. The van der Waals surface area contributed by atoms with E-state index < -0.39 is 0 Å². The maximum Gasteiger partial charge on any atom is 0.257 e. The van der Waals surface area contributed by atoms with E-state index in [0.29, 0.717) is 17.0 Å². The van der Waals surface area contributed by atoms with Crippen LogP contribution in [-0.4, -0.2) is 16.5 Å². The van der Waals surface area contributed by atoms with Crippen molar-refractivity contribution >= 4 is 28.4 Å². The van der Waals surface area contributed by atoms with Crippen LogP contribution in [0.15, 0.2) is 41.3 Å². The van der Waals surface area contributed by atoms with Crippen LogP contribution in [0.4, 0.5) is 0 Å². The van der Waals surface area contributed by atoms with Crippen molar-refractivity contribution in [3.8, 4) is 0 Å². The Bertz CT molecular complexity index is 815. The molecule has 114 valence electrons. The molecule has 1 N–H and O–H groups in total. The second kappa shape index (κ2) is 5.97. The topological polar surface area (TPSA) is 51.1 Å². The molecule has 0 unspecified atom stereocenters. The van der Waals surface area contributed by atoms with E-state index in [1.54, 1.807) is 18.3 Å². The molecule has 22 heavy (non-hydrogen) atoms. The smallest absolute Gasteiger partial charge is 0.257 e. The number of rotatable bonds is 3. The van der Waals surface area contributed by atoms with Gasteiger partial charge in [-0.15, -0.1) is 0 Å². The van der Waals surface area contributed by atoms with Crippen LogP contribution in [0.3, 0.4) is 0 Å². The lowest BCUT2D eigenvalue weighted by Gasteiger charge is -2.14. The maximum atomic E-state index is 12.6. The molecule has 1 aliphatic rings. The average Bonchev–Trinajstić information content (AvgIpc) is 3.01. The normalized spacial score (nSPS) is 14.6. The number of carbonyl (C=O) groups is 1. The van der Waals surface area contributed by atoms with E-state index in [-0.39, 0.29) is 22.9 Å². The summed E-state index contributed by atoms with van der Waals surface area (Å²) in [6, 6.07) is 5.26. The van der Waals surface area contributed by atoms with Crippen LogP contribution >= 0.6 is 11.6 Å². The summed E-state index contributed by atoms with van der Waals surface area (Å²) in [5.41, 5.74) is 0.685. The molecule has 1 aromatic carbocycles. The van der Waals surface area contributed by atoms with Crippen molar-refractivity contribution in [2.45, 2.75) is 32.4 Å². The van der Waals surface area contributed by atoms with Gasteiger partial charge in [0, 0.05) is 29.2 Å². The Morgan fingerprint density at radius 3 is 2.77 bits per heavy atom. The lowest BCUT2D eigenvalue weighted by molar-refractivity contribution is 0.0937. The van der Waals surface area contributed by atoms with Gasteiger partial charge in [0.2, 0.25) is 5.43 Å². The molecule has 2 aromatic rings. The summed E-state index contributed by atoms with van der Waals surface area (Å²) in [5.74, 6) is -0.317. The third kappa shape index (κ3) is 2.66. The highest BCUT2D eigenvalue weighted by Crippen LogP contribution is 2.18. The number of carbonyl (C=O) groups excluding carboxylic acids is 1. The van der Waals surface area contributed by atoms with Gasteiger partial charge in [0.05, 0.1) is 5.52 Å². The highest BCUT2D eigenvalue weighted by atomic mass is 35.5. The number of fused-ring (bicyclic) bond motifs is 1. The summed E-state index contributed by atoms with van der Waals surface area (Å²) in [5, 5.41) is 3.89. The Hall–Kier alpha value is -2.07. The molecule has 1 aliphatic carbocycles. The second-order valence-corrected chi connectivity index (χ2v) is 5.87. The average molecular weight is 317 g/mol. The Labute approximate surface area is 133 Å². The third-order valence-corrected chi connectivity index (χ3v) is 4.21. The molecule has 1 heterocycles. The molecule has 3 rings (SSSR count). The zero-order chi connectivity index (χ0) is 15.7. The lowest BCUT2D eigenvalue weighted by atomic mass is 10.1. The molecule has 1 amide bonds. The molecule has 4 nitrogen and oxygen atoms in total. The zero-order valence-electron chi connectivity index (χ0n) is 12.3. The Morgan fingerprint density at radius 1 is 1.36 bits per heavy atom. The van der Waals surface area contributed by atoms with Crippen LogP contribution in [0.25, 0.3) is 10.9 Å². The number of benzene rings is 1. The van der Waals surface area contributed by atoms with Gasteiger partial charge in [-0.3, -0.25) is 9.59 Å². The maximum absolute atomic E-state index is 12.6. The summed E-state index contributed by atoms with van der Waals surface area (Å²) in [6.07, 6.45) is 7.33. The van der Waals surface area contributed by atoms with E-state index in [9.17, 15) is 9.59 Å². The summed E-state index contributed by atoms with van der Waals surface area (Å²) in [7, 11) is 0. The van der Waals surface area contributed by atoms with Crippen molar-refractivity contribution in [1.29, 1.82) is 0 Å². The van der Waals surface area contributed by atoms with E-state index in [4.69, 9.17) is 11.6 Å². The van der Waals surface area contributed by atoms with Crippen molar-refractivity contribution in [2.75, 3.05) is 0 Å². The minimum atomic E-state index is -0.317. The second-order valence-electron chi connectivity index (χ2n) is 5.43. The van der Waals surface area contributed by atoms with Gasteiger partial charge in [0.25, 0.3) is 5.91 Å². The zero-order valence-corrected chi connectivity index (χ0v) is 13.1. The minimum Gasteiger partial charge on any atom is -0.349 e. The van der Waals surface area contributed by atoms with Crippen molar-refractivity contribution in [3.63, 3.8) is 0 Å². The SMILES string of the molecule is CCn1cc(C(=O)NC2CC=CC2)c(=O)c2cc(Cl)ccc21. The first-order valence-corrected chi connectivity index (χ1v) is 7.76. The first-order valence-electron chi connectivity index (χ1n) is 7.38. The minimum absolute atomic E-state index is 0.0806. The molecule has 0 bridgehead atoms. The molecule has 0 saturated carbocycles. The highest BCUT2D eigenvalue weighted by Gasteiger charge is 2.19. The van der Waals surface area contributed by atoms with Crippen LogP contribution in [0.5, 0.6) is 0 Å². The molecule has 0 fully saturated rings. The first kappa shape index (κ1) is 14.9. The molecule has 0 spiro atoms. The van der Waals surface area contributed by atoms with Gasteiger partial charge < -0.3 is 9.88 Å². The van der Waals surface area contributed by atoms with Gasteiger partial charge in [0.15, 0.2) is 0 Å². The van der Waals surface area contributed by atoms with E-state index in [1.807, 2.05) is 29.7 Å². The lowest BCUT2D eigenvalue weighted by Crippen LogP contribution is -2.36. The number of nitrogens with zero attached hydrogens (tertiary/aromatic N) is 1. The number of aromatic nitrogens is 1. The number of hydrogen-bond donors (Lipinski definition) is 1. The van der Waals surface area contributed by atoms with Crippen molar-refractivity contribution in [3.05, 3.63) is 57.4 Å². The molecule has 0 aliphatic heterocycles. The van der Waals surface area contributed by atoms with Crippen LogP contribution < -0.4 is 10.7 Å². The molecular weight excluding hydrogens is 300 g/mol. The quantitative estimate of drug-likeness (QED) is 0.885. The molecule has 0 atom stereocenters. The van der Waals surface area contributed by atoms with Gasteiger partial charge in [-0.1, -0.05) is 23.8 Å². The number of nitrogens with one attached hydrogen (secondary N) is 1. The van der Waals surface area contributed by atoms with E-state index in [0.717, 1.165) is 18.4 Å². The summed E-state index contributed by atoms with van der Waals surface area (Å²) < 4.78 is 1.90. The Kier molecular flexibility index (Phi) is 4.03. The predicted octanol–water partition coefficient (Wildman–Crippen LogP) is 3.12. The van der Waals surface area contributed by atoms with Gasteiger partial charge in [-0.2, -0.15) is 0 Å². The monoisotopic (exact) mass is 316 g/mol. The first-order chi connectivity index (χ1) is 10.6. The summed E-state index contributed by atoms with van der Waals surface area (Å²) in [6.45, 7) is 2.64. The summed E-state index contributed by atoms with van der Waals surface area (Å²) in [4.78, 5) is 25.0. The molecule has 0 radical (unpaired) electrons. The number of pyridine rings is 1. The molecule has 0 saturated heterocycles. The van der Waals surface area contributed by atoms with Gasteiger partial charge in [0.1, 0.15) is 5.56 Å². The number of hydrogen-bond acceptors (Lipinski definition) is 2. The van der Waals surface area contributed by atoms with Crippen LogP contribution in [0, 0.1) is 0 Å². The van der Waals surface area contributed by atoms with E-state index in [1.165, 1.54) is 0 Å². The fourth-order valence-corrected chi connectivity index (χ4v) is 2.96. The van der Waals surface area contributed by atoms with Gasteiger partial charge in [-0.05, 0) is 38.0 Å². The van der Waals surface area contributed by atoms with Crippen molar-refractivity contribution < 1.29 is 4.79 Å². The fraction of sp³-hybridized carbons (Fsp3) is 0.294. The Morgan fingerprint density at radius 2 is 2.09 bits per heavy atom. The molecule has 1 aromatic heterocycles. The number of aryl methyl sites for hydroxylation is 1. The van der Waals surface area contributed by atoms with Gasteiger partial charge in [-0.25, -0.2) is 0 Å². The van der Waals surface area contributed by atoms with Crippen LogP contribution in [0.1, 0.15) is 30.1 Å².